The molecule has 1 aromatic heterocycles. The average Bonchev–Trinajstić information content (AvgIpc) is 3.05. The molecule has 110 valence electrons. The molecule has 1 aliphatic rings. The number of rotatable bonds is 6. The molecule has 0 spiro atoms. The van der Waals surface area contributed by atoms with Gasteiger partial charge in [0.15, 0.2) is 0 Å². The van der Waals surface area contributed by atoms with E-state index >= 15 is 0 Å². The van der Waals surface area contributed by atoms with Crippen LogP contribution < -0.4 is 0 Å². The lowest BCUT2D eigenvalue weighted by Crippen LogP contribution is -2.45. The van der Waals surface area contributed by atoms with Crippen LogP contribution in [0.1, 0.15) is 26.2 Å². The van der Waals surface area contributed by atoms with Gasteiger partial charge in [0.2, 0.25) is 5.91 Å². The van der Waals surface area contributed by atoms with Gasteiger partial charge < -0.3 is 10.0 Å². The standard InChI is InChI=1S/C12H18N4O3S/c1-2-3-11-16(9(6-20-11)12(18)19)10(17)4-5-15-8-13-7-14-15/h7-9,11H,2-6H2,1H3,(H,18,19). The predicted molar refractivity (Wildman–Crippen MR) is 74.1 cm³/mol. The Kier molecular flexibility index (Phi) is 4.99. The summed E-state index contributed by atoms with van der Waals surface area (Å²) in [4.78, 5) is 28.9. The van der Waals surface area contributed by atoms with Crippen molar-refractivity contribution in [2.75, 3.05) is 5.75 Å². The van der Waals surface area contributed by atoms with E-state index in [9.17, 15) is 14.7 Å². The number of carboxylic acids is 1. The maximum Gasteiger partial charge on any atom is 0.327 e. The van der Waals surface area contributed by atoms with E-state index in [1.165, 1.54) is 11.2 Å². The van der Waals surface area contributed by atoms with Crippen molar-refractivity contribution < 1.29 is 14.7 Å². The summed E-state index contributed by atoms with van der Waals surface area (Å²) in [6, 6.07) is -0.709. The molecule has 1 fully saturated rings. The van der Waals surface area contributed by atoms with Crippen LogP contribution in [0.2, 0.25) is 0 Å². The highest BCUT2D eigenvalue weighted by atomic mass is 32.2. The van der Waals surface area contributed by atoms with E-state index in [2.05, 4.69) is 10.1 Å². The Hall–Kier alpha value is -1.57. The number of nitrogens with zero attached hydrogens (tertiary/aromatic N) is 4. The number of hydrogen-bond donors (Lipinski definition) is 1. The number of amides is 1. The van der Waals surface area contributed by atoms with Crippen molar-refractivity contribution in [2.24, 2.45) is 0 Å². The smallest absolute Gasteiger partial charge is 0.327 e. The third-order valence-corrected chi connectivity index (χ3v) is 4.58. The molecule has 7 nitrogen and oxygen atoms in total. The molecule has 1 aromatic rings. The zero-order chi connectivity index (χ0) is 14.5. The van der Waals surface area contributed by atoms with E-state index in [1.807, 2.05) is 6.92 Å². The Balaban J connectivity index is 2.00. The summed E-state index contributed by atoms with van der Waals surface area (Å²) in [6.45, 7) is 2.46. The summed E-state index contributed by atoms with van der Waals surface area (Å²) in [5.41, 5.74) is 0. The van der Waals surface area contributed by atoms with Crippen molar-refractivity contribution in [3.63, 3.8) is 0 Å². The van der Waals surface area contributed by atoms with Crippen LogP contribution in [-0.4, -0.2) is 53.8 Å². The first-order valence-corrected chi connectivity index (χ1v) is 7.66. The van der Waals surface area contributed by atoms with Gasteiger partial charge in [-0.05, 0) is 6.42 Å². The molecule has 1 N–H and O–H groups in total. The van der Waals surface area contributed by atoms with Crippen molar-refractivity contribution in [1.29, 1.82) is 0 Å². The number of hydrogen-bond acceptors (Lipinski definition) is 5. The summed E-state index contributed by atoms with van der Waals surface area (Å²) in [5, 5.41) is 13.1. The lowest BCUT2D eigenvalue weighted by Gasteiger charge is -2.27. The highest BCUT2D eigenvalue weighted by molar-refractivity contribution is 8.00. The summed E-state index contributed by atoms with van der Waals surface area (Å²) < 4.78 is 1.58. The van der Waals surface area contributed by atoms with Gasteiger partial charge in [-0.2, -0.15) is 5.10 Å². The second-order valence-corrected chi connectivity index (χ2v) is 5.85. The second kappa shape index (κ2) is 6.74. The largest absolute Gasteiger partial charge is 0.480 e. The van der Waals surface area contributed by atoms with Crippen LogP contribution in [0, 0.1) is 0 Å². The molecule has 0 radical (unpaired) electrons. The molecular weight excluding hydrogens is 280 g/mol. The lowest BCUT2D eigenvalue weighted by molar-refractivity contribution is -0.149. The zero-order valence-corrected chi connectivity index (χ0v) is 12.1. The van der Waals surface area contributed by atoms with Crippen molar-refractivity contribution in [3.05, 3.63) is 12.7 Å². The molecule has 0 aromatic carbocycles. The van der Waals surface area contributed by atoms with Crippen LogP contribution in [0.15, 0.2) is 12.7 Å². The number of aliphatic carboxylic acids is 1. The van der Waals surface area contributed by atoms with Crippen LogP contribution in [0.3, 0.4) is 0 Å². The van der Waals surface area contributed by atoms with Gasteiger partial charge >= 0.3 is 5.97 Å². The molecule has 2 atom stereocenters. The number of carbonyl (C=O) groups excluding carboxylic acids is 1. The molecule has 20 heavy (non-hydrogen) atoms. The van der Waals surface area contributed by atoms with E-state index in [4.69, 9.17) is 0 Å². The minimum atomic E-state index is -0.926. The number of carbonyl (C=O) groups is 2. The van der Waals surface area contributed by atoms with E-state index in [1.54, 1.807) is 22.8 Å². The zero-order valence-electron chi connectivity index (χ0n) is 11.3. The van der Waals surface area contributed by atoms with Crippen LogP contribution in [0.5, 0.6) is 0 Å². The van der Waals surface area contributed by atoms with Crippen molar-refractivity contribution in [1.82, 2.24) is 19.7 Å². The second-order valence-electron chi connectivity index (χ2n) is 4.64. The minimum Gasteiger partial charge on any atom is -0.480 e. The first-order valence-electron chi connectivity index (χ1n) is 6.61. The molecule has 1 amide bonds. The number of carboxylic acid groups (broad SMARTS) is 1. The Labute approximate surface area is 121 Å². The molecular formula is C12H18N4O3S. The van der Waals surface area contributed by atoms with Gasteiger partial charge in [-0.15, -0.1) is 11.8 Å². The SMILES string of the molecule is CCCC1SCC(C(=O)O)N1C(=O)CCn1cncn1. The molecule has 2 unspecified atom stereocenters. The number of aryl methyl sites for hydroxylation is 1. The maximum absolute atomic E-state index is 12.3. The lowest BCUT2D eigenvalue weighted by atomic mass is 10.2. The summed E-state index contributed by atoms with van der Waals surface area (Å²) in [5.74, 6) is -0.587. The predicted octanol–water partition coefficient (Wildman–Crippen LogP) is 0.823. The van der Waals surface area contributed by atoms with Gasteiger partial charge in [-0.1, -0.05) is 13.3 Å². The fourth-order valence-corrected chi connectivity index (χ4v) is 3.78. The van der Waals surface area contributed by atoms with Gasteiger partial charge in [0.1, 0.15) is 18.7 Å². The maximum atomic E-state index is 12.3. The quantitative estimate of drug-likeness (QED) is 0.836. The first kappa shape index (κ1) is 14.8. The van der Waals surface area contributed by atoms with Crippen molar-refractivity contribution in [3.8, 4) is 0 Å². The van der Waals surface area contributed by atoms with Gasteiger partial charge in [-0.25, -0.2) is 9.78 Å². The highest BCUT2D eigenvalue weighted by Gasteiger charge is 2.40. The summed E-state index contributed by atoms with van der Waals surface area (Å²) in [7, 11) is 0. The monoisotopic (exact) mass is 298 g/mol. The first-order chi connectivity index (χ1) is 9.63. The Morgan fingerprint density at radius 2 is 2.30 bits per heavy atom. The van der Waals surface area contributed by atoms with Gasteiger partial charge in [0.25, 0.3) is 0 Å². The summed E-state index contributed by atoms with van der Waals surface area (Å²) >= 11 is 1.55. The average molecular weight is 298 g/mol. The van der Waals surface area contributed by atoms with Crippen molar-refractivity contribution >= 4 is 23.6 Å². The van der Waals surface area contributed by atoms with Crippen LogP contribution in [0.25, 0.3) is 0 Å². The molecule has 0 saturated carbocycles. The molecule has 1 aliphatic heterocycles. The van der Waals surface area contributed by atoms with Crippen LogP contribution >= 0.6 is 11.8 Å². The van der Waals surface area contributed by atoms with Gasteiger partial charge in [-0.3, -0.25) is 9.48 Å². The van der Waals surface area contributed by atoms with Gasteiger partial charge in [0, 0.05) is 12.2 Å². The molecule has 2 heterocycles. The van der Waals surface area contributed by atoms with Gasteiger partial charge in [0.05, 0.1) is 11.9 Å². The van der Waals surface area contributed by atoms with Crippen molar-refractivity contribution in [2.45, 2.75) is 44.1 Å². The Bertz CT molecular complexity index is 465. The molecule has 8 heteroatoms. The summed E-state index contributed by atoms with van der Waals surface area (Å²) in [6.07, 6.45) is 4.95. The third-order valence-electron chi connectivity index (χ3n) is 3.22. The molecule has 0 bridgehead atoms. The Morgan fingerprint density at radius 3 is 2.90 bits per heavy atom. The molecule has 0 aliphatic carbocycles. The fraction of sp³-hybridized carbons (Fsp3) is 0.667. The number of aromatic nitrogens is 3. The normalized spacial score (nSPS) is 22.1. The fourth-order valence-electron chi connectivity index (χ4n) is 2.25. The minimum absolute atomic E-state index is 0.0238. The highest BCUT2D eigenvalue weighted by Crippen LogP contribution is 2.32. The van der Waals surface area contributed by atoms with Crippen LogP contribution in [0.4, 0.5) is 0 Å². The van der Waals surface area contributed by atoms with E-state index in [0.29, 0.717) is 12.3 Å². The topological polar surface area (TPSA) is 88.3 Å². The van der Waals surface area contributed by atoms with Crippen LogP contribution in [-0.2, 0) is 16.1 Å². The molecule has 1 saturated heterocycles. The van der Waals surface area contributed by atoms with E-state index in [0.717, 1.165) is 12.8 Å². The number of thioether (sulfide) groups is 1. The molecule has 2 rings (SSSR count). The van der Waals surface area contributed by atoms with E-state index < -0.39 is 12.0 Å². The third kappa shape index (κ3) is 3.30. The van der Waals surface area contributed by atoms with E-state index in [-0.39, 0.29) is 17.7 Å². The Morgan fingerprint density at radius 1 is 1.50 bits per heavy atom.